The Balaban J connectivity index is 1.80. The largest absolute Gasteiger partial charge is 0.459 e. The summed E-state index contributed by atoms with van der Waals surface area (Å²) in [6.07, 6.45) is 3.86. The number of hydrogen-bond acceptors (Lipinski definition) is 4. The molecule has 2 unspecified atom stereocenters. The lowest BCUT2D eigenvalue weighted by molar-refractivity contribution is -0.124. The Bertz CT molecular complexity index is 493. The van der Waals surface area contributed by atoms with Gasteiger partial charge in [-0.25, -0.2) is 0 Å². The van der Waals surface area contributed by atoms with Gasteiger partial charge in [-0.3, -0.25) is 9.59 Å². The minimum atomic E-state index is -0.465. The van der Waals surface area contributed by atoms with E-state index in [0.717, 1.165) is 19.3 Å². The predicted octanol–water partition coefficient (Wildman–Crippen LogP) is 1.37. The van der Waals surface area contributed by atoms with Crippen LogP contribution in [0.3, 0.4) is 0 Å². The number of nitrogens with zero attached hydrogens (tertiary/aromatic N) is 1. The van der Waals surface area contributed by atoms with Crippen LogP contribution >= 0.6 is 0 Å². The molecule has 0 radical (unpaired) electrons. The molecule has 0 aromatic carbocycles. The molecule has 1 fully saturated rings. The third kappa shape index (κ3) is 3.88. The monoisotopic (exact) mass is 307 g/mol. The number of rotatable bonds is 5. The summed E-state index contributed by atoms with van der Waals surface area (Å²) in [6.45, 7) is 5.23. The van der Waals surface area contributed by atoms with Gasteiger partial charge in [0.25, 0.3) is 5.91 Å². The Hall–Kier alpha value is -1.82. The van der Waals surface area contributed by atoms with Gasteiger partial charge >= 0.3 is 0 Å². The van der Waals surface area contributed by atoms with Crippen molar-refractivity contribution in [3.05, 3.63) is 24.2 Å². The minimum Gasteiger partial charge on any atom is -0.459 e. The maximum atomic E-state index is 12.2. The number of amides is 2. The maximum absolute atomic E-state index is 12.2. The van der Waals surface area contributed by atoms with Crippen molar-refractivity contribution in [2.24, 2.45) is 11.7 Å². The van der Waals surface area contributed by atoms with E-state index in [1.165, 1.54) is 6.26 Å². The molecule has 2 heterocycles. The highest BCUT2D eigenvalue weighted by molar-refractivity contribution is 5.91. The lowest BCUT2D eigenvalue weighted by atomic mass is 9.98. The van der Waals surface area contributed by atoms with Gasteiger partial charge in [-0.05, 0) is 30.9 Å². The first-order valence-corrected chi connectivity index (χ1v) is 7.91. The summed E-state index contributed by atoms with van der Waals surface area (Å²) < 4.78 is 5.13. The number of carbonyl (C=O) groups excluding carboxylic acids is 2. The normalized spacial score (nSPS) is 18.8. The van der Waals surface area contributed by atoms with Gasteiger partial charge in [-0.15, -0.1) is 0 Å². The molecular weight excluding hydrogens is 282 g/mol. The third-order valence-electron chi connectivity index (χ3n) is 4.42. The van der Waals surface area contributed by atoms with Gasteiger partial charge < -0.3 is 20.4 Å². The maximum Gasteiger partial charge on any atom is 0.289 e. The summed E-state index contributed by atoms with van der Waals surface area (Å²) >= 11 is 0. The van der Waals surface area contributed by atoms with Crippen molar-refractivity contribution >= 4 is 11.8 Å². The van der Waals surface area contributed by atoms with Gasteiger partial charge in [-0.2, -0.15) is 0 Å². The molecule has 0 bridgehead atoms. The number of likely N-dealkylation sites (tertiary alicyclic amines) is 1. The number of nitrogens with one attached hydrogen (secondary N) is 1. The fraction of sp³-hybridized carbons (Fsp3) is 0.625. The summed E-state index contributed by atoms with van der Waals surface area (Å²) in [5.74, 6) is 0.346. The van der Waals surface area contributed by atoms with E-state index >= 15 is 0 Å². The van der Waals surface area contributed by atoms with E-state index in [1.807, 2.05) is 13.8 Å². The van der Waals surface area contributed by atoms with Crippen LogP contribution in [0.25, 0.3) is 0 Å². The molecule has 1 aromatic rings. The second-order valence-electron chi connectivity index (χ2n) is 5.96. The summed E-state index contributed by atoms with van der Waals surface area (Å²) in [4.78, 5) is 26.0. The van der Waals surface area contributed by atoms with Gasteiger partial charge in [0, 0.05) is 19.1 Å². The van der Waals surface area contributed by atoms with Crippen molar-refractivity contribution in [1.82, 2.24) is 10.2 Å². The molecule has 22 heavy (non-hydrogen) atoms. The number of hydrogen-bond donors (Lipinski definition) is 2. The highest BCUT2D eigenvalue weighted by Gasteiger charge is 2.27. The van der Waals surface area contributed by atoms with Crippen molar-refractivity contribution in [2.45, 2.75) is 45.2 Å². The molecule has 2 amide bonds. The average molecular weight is 307 g/mol. The van der Waals surface area contributed by atoms with Gasteiger partial charge in [0.15, 0.2) is 5.76 Å². The van der Waals surface area contributed by atoms with E-state index in [9.17, 15) is 9.59 Å². The minimum absolute atomic E-state index is 0.0863. The third-order valence-corrected chi connectivity index (χ3v) is 4.42. The summed E-state index contributed by atoms with van der Waals surface area (Å²) in [6, 6.07) is 2.99. The van der Waals surface area contributed by atoms with E-state index in [2.05, 4.69) is 5.32 Å². The molecule has 122 valence electrons. The first-order valence-electron chi connectivity index (χ1n) is 7.91. The van der Waals surface area contributed by atoms with E-state index in [0.29, 0.717) is 18.8 Å². The van der Waals surface area contributed by atoms with E-state index in [1.54, 1.807) is 17.0 Å². The summed E-state index contributed by atoms with van der Waals surface area (Å²) in [5.41, 5.74) is 5.94. The van der Waals surface area contributed by atoms with Crippen molar-refractivity contribution < 1.29 is 14.0 Å². The Kier molecular flexibility index (Phi) is 5.60. The predicted molar refractivity (Wildman–Crippen MR) is 83.2 cm³/mol. The summed E-state index contributed by atoms with van der Waals surface area (Å²) in [5, 5.41) is 3.00. The first-order chi connectivity index (χ1) is 10.5. The highest BCUT2D eigenvalue weighted by Crippen LogP contribution is 2.15. The Morgan fingerprint density at radius 2 is 2.14 bits per heavy atom. The topological polar surface area (TPSA) is 88.6 Å². The fourth-order valence-electron chi connectivity index (χ4n) is 2.59. The van der Waals surface area contributed by atoms with Crippen LogP contribution in [0.2, 0.25) is 0 Å². The van der Waals surface area contributed by atoms with Gasteiger partial charge in [0.2, 0.25) is 5.91 Å². The number of nitrogens with two attached hydrogens (primary N) is 1. The van der Waals surface area contributed by atoms with Crippen molar-refractivity contribution in [1.29, 1.82) is 0 Å². The molecule has 2 rings (SSSR count). The van der Waals surface area contributed by atoms with Crippen LogP contribution in [-0.4, -0.2) is 41.9 Å². The molecule has 0 aliphatic carbocycles. The first kappa shape index (κ1) is 16.5. The number of furan rings is 1. The average Bonchev–Trinajstić information content (AvgIpc) is 3.07. The molecule has 1 aromatic heterocycles. The van der Waals surface area contributed by atoms with Gasteiger partial charge in [0.05, 0.1) is 12.3 Å². The molecule has 0 spiro atoms. The Labute approximate surface area is 131 Å². The standard InChI is InChI=1S/C16H25N3O3/c1-3-11(2)14(17)15(20)18-12-6-8-19(9-7-12)16(21)13-5-4-10-22-13/h4-5,10-12,14H,3,6-9,17H2,1-2H3,(H,18,20). The van der Waals surface area contributed by atoms with Crippen LogP contribution in [0.1, 0.15) is 43.7 Å². The second kappa shape index (κ2) is 7.45. The molecule has 6 heteroatoms. The van der Waals surface area contributed by atoms with Crippen molar-refractivity contribution in [3.63, 3.8) is 0 Å². The molecule has 3 N–H and O–H groups in total. The summed E-state index contributed by atoms with van der Waals surface area (Å²) in [7, 11) is 0. The molecular formula is C16H25N3O3. The van der Waals surface area contributed by atoms with Crippen LogP contribution in [0.15, 0.2) is 22.8 Å². The zero-order chi connectivity index (χ0) is 16.1. The molecule has 1 aliphatic heterocycles. The molecule has 6 nitrogen and oxygen atoms in total. The van der Waals surface area contributed by atoms with Crippen LogP contribution in [-0.2, 0) is 4.79 Å². The van der Waals surface area contributed by atoms with Crippen LogP contribution < -0.4 is 11.1 Å². The lowest BCUT2D eigenvalue weighted by Crippen LogP contribution is -2.52. The van der Waals surface area contributed by atoms with Crippen LogP contribution in [0.5, 0.6) is 0 Å². The number of piperidine rings is 1. The van der Waals surface area contributed by atoms with E-state index in [-0.39, 0.29) is 23.8 Å². The van der Waals surface area contributed by atoms with Gasteiger partial charge in [-0.1, -0.05) is 20.3 Å². The quantitative estimate of drug-likeness (QED) is 0.860. The van der Waals surface area contributed by atoms with Crippen LogP contribution in [0, 0.1) is 5.92 Å². The second-order valence-corrected chi connectivity index (χ2v) is 5.96. The molecule has 1 saturated heterocycles. The SMILES string of the molecule is CCC(C)C(N)C(=O)NC1CCN(C(=O)c2ccco2)CC1. The molecule has 2 atom stereocenters. The smallest absolute Gasteiger partial charge is 0.289 e. The zero-order valence-electron chi connectivity index (χ0n) is 13.2. The van der Waals surface area contributed by atoms with E-state index in [4.69, 9.17) is 10.2 Å². The zero-order valence-corrected chi connectivity index (χ0v) is 13.2. The lowest BCUT2D eigenvalue weighted by Gasteiger charge is -2.32. The van der Waals surface area contributed by atoms with Gasteiger partial charge in [0.1, 0.15) is 0 Å². The Morgan fingerprint density at radius 3 is 2.68 bits per heavy atom. The fourth-order valence-corrected chi connectivity index (χ4v) is 2.59. The van der Waals surface area contributed by atoms with Crippen molar-refractivity contribution in [3.8, 4) is 0 Å². The molecule has 1 aliphatic rings. The van der Waals surface area contributed by atoms with Crippen LogP contribution in [0.4, 0.5) is 0 Å². The molecule has 0 saturated carbocycles. The van der Waals surface area contributed by atoms with E-state index < -0.39 is 6.04 Å². The van der Waals surface area contributed by atoms with Crippen molar-refractivity contribution in [2.75, 3.05) is 13.1 Å². The number of carbonyl (C=O) groups is 2. The highest BCUT2D eigenvalue weighted by atomic mass is 16.3. The Morgan fingerprint density at radius 1 is 1.45 bits per heavy atom.